The first-order valence-electron chi connectivity index (χ1n) is 6.53. The van der Waals surface area contributed by atoms with Crippen LogP contribution in [0.25, 0.3) is 5.65 Å². The summed E-state index contributed by atoms with van der Waals surface area (Å²) in [5, 5.41) is 3.45. The Balaban J connectivity index is 1.83. The molecule has 18 heavy (non-hydrogen) atoms. The summed E-state index contributed by atoms with van der Waals surface area (Å²) in [5.74, 6) is 0. The Morgan fingerprint density at radius 2 is 2.28 bits per heavy atom. The van der Waals surface area contributed by atoms with E-state index in [-0.39, 0.29) is 5.54 Å². The van der Waals surface area contributed by atoms with Gasteiger partial charge in [0.2, 0.25) is 0 Å². The van der Waals surface area contributed by atoms with E-state index in [0.717, 1.165) is 37.5 Å². The second kappa shape index (κ2) is 4.37. The summed E-state index contributed by atoms with van der Waals surface area (Å²) in [5.41, 5.74) is 2.38. The minimum absolute atomic E-state index is 0.202. The zero-order valence-electron chi connectivity index (χ0n) is 11.1. The minimum atomic E-state index is 0.202. The van der Waals surface area contributed by atoms with Gasteiger partial charge in [0.25, 0.3) is 0 Å². The van der Waals surface area contributed by atoms with Crippen molar-refractivity contribution in [3.8, 4) is 0 Å². The maximum Gasteiger partial charge on any atom is 0.137 e. The molecular formula is C14H20N4. The van der Waals surface area contributed by atoms with Crippen LogP contribution in [0.4, 0.5) is 0 Å². The molecule has 4 nitrogen and oxygen atoms in total. The Bertz CT molecular complexity index is 510. The predicted molar refractivity (Wildman–Crippen MR) is 72.6 cm³/mol. The van der Waals surface area contributed by atoms with Crippen LogP contribution >= 0.6 is 0 Å². The molecule has 0 bridgehead atoms. The highest BCUT2D eigenvalue weighted by atomic mass is 15.3. The third kappa shape index (κ3) is 2.13. The molecule has 0 saturated carbocycles. The quantitative estimate of drug-likeness (QED) is 0.869. The fraction of sp³-hybridized carbons (Fsp3) is 0.500. The van der Waals surface area contributed by atoms with Crippen LogP contribution in [-0.4, -0.2) is 39.5 Å². The summed E-state index contributed by atoms with van der Waals surface area (Å²) in [6, 6.07) is 6.11. The van der Waals surface area contributed by atoms with Crippen LogP contribution in [0.2, 0.25) is 0 Å². The minimum Gasteiger partial charge on any atom is -0.314 e. The number of piperazine rings is 1. The van der Waals surface area contributed by atoms with E-state index in [2.05, 4.69) is 45.8 Å². The standard InChI is InChI=1S/C14H20N4/c1-14(2)11-15-6-8-18(14)10-12-9-17-7-4-3-5-13(17)16-12/h3-5,7,9,15H,6,8,10-11H2,1-2H3. The van der Waals surface area contributed by atoms with Crippen LogP contribution in [0.1, 0.15) is 19.5 Å². The second-order valence-corrected chi connectivity index (χ2v) is 5.61. The maximum atomic E-state index is 4.67. The third-order valence-corrected chi connectivity index (χ3v) is 3.74. The Hall–Kier alpha value is -1.39. The van der Waals surface area contributed by atoms with Crippen molar-refractivity contribution in [2.75, 3.05) is 19.6 Å². The summed E-state index contributed by atoms with van der Waals surface area (Å²) >= 11 is 0. The molecule has 0 aromatic carbocycles. The topological polar surface area (TPSA) is 32.6 Å². The lowest BCUT2D eigenvalue weighted by atomic mass is 10.00. The Labute approximate surface area is 108 Å². The van der Waals surface area contributed by atoms with Gasteiger partial charge < -0.3 is 9.72 Å². The van der Waals surface area contributed by atoms with Crippen LogP contribution in [-0.2, 0) is 6.54 Å². The van der Waals surface area contributed by atoms with E-state index in [9.17, 15) is 0 Å². The predicted octanol–water partition coefficient (Wildman–Crippen LogP) is 1.52. The molecule has 3 rings (SSSR count). The summed E-state index contributed by atoms with van der Waals surface area (Å²) in [7, 11) is 0. The van der Waals surface area contributed by atoms with Gasteiger partial charge in [-0.3, -0.25) is 4.90 Å². The average molecular weight is 244 g/mol. The average Bonchev–Trinajstić information content (AvgIpc) is 2.74. The van der Waals surface area contributed by atoms with Crippen LogP contribution in [0, 0.1) is 0 Å². The Morgan fingerprint density at radius 1 is 1.39 bits per heavy atom. The fourth-order valence-electron chi connectivity index (χ4n) is 2.57. The van der Waals surface area contributed by atoms with E-state index in [1.54, 1.807) is 0 Å². The molecule has 0 atom stereocenters. The monoisotopic (exact) mass is 244 g/mol. The lowest BCUT2D eigenvalue weighted by Crippen LogP contribution is -2.57. The molecule has 4 heteroatoms. The zero-order valence-corrected chi connectivity index (χ0v) is 11.1. The fourth-order valence-corrected chi connectivity index (χ4v) is 2.57. The molecule has 0 amide bonds. The van der Waals surface area contributed by atoms with Crippen molar-refractivity contribution in [3.63, 3.8) is 0 Å². The molecule has 1 N–H and O–H groups in total. The van der Waals surface area contributed by atoms with Gasteiger partial charge in [0, 0.05) is 44.1 Å². The number of imidazole rings is 1. The van der Waals surface area contributed by atoms with Crippen LogP contribution in [0.3, 0.4) is 0 Å². The number of pyridine rings is 1. The molecule has 1 saturated heterocycles. The molecule has 2 aromatic rings. The number of nitrogens with one attached hydrogen (secondary N) is 1. The van der Waals surface area contributed by atoms with Crippen molar-refractivity contribution in [2.24, 2.45) is 0 Å². The summed E-state index contributed by atoms with van der Waals surface area (Å²) in [4.78, 5) is 7.18. The normalized spacial score (nSPS) is 20.3. The molecule has 96 valence electrons. The van der Waals surface area contributed by atoms with Crippen molar-refractivity contribution in [1.29, 1.82) is 0 Å². The lowest BCUT2D eigenvalue weighted by molar-refractivity contribution is 0.0816. The summed E-state index contributed by atoms with van der Waals surface area (Å²) in [6.07, 6.45) is 4.18. The van der Waals surface area contributed by atoms with Gasteiger partial charge in [0.05, 0.1) is 5.69 Å². The highest BCUT2D eigenvalue weighted by Gasteiger charge is 2.29. The zero-order chi connectivity index (χ0) is 12.6. The number of nitrogens with zero attached hydrogens (tertiary/aromatic N) is 3. The maximum absolute atomic E-state index is 4.67. The molecule has 0 unspecified atom stereocenters. The molecule has 1 aliphatic rings. The van der Waals surface area contributed by atoms with Gasteiger partial charge in [0.1, 0.15) is 5.65 Å². The highest BCUT2D eigenvalue weighted by Crippen LogP contribution is 2.19. The smallest absolute Gasteiger partial charge is 0.137 e. The molecule has 1 aliphatic heterocycles. The number of hydrogen-bond acceptors (Lipinski definition) is 3. The molecular weight excluding hydrogens is 224 g/mol. The van der Waals surface area contributed by atoms with E-state index >= 15 is 0 Å². The number of fused-ring (bicyclic) bond motifs is 1. The SMILES string of the molecule is CC1(C)CNCCN1Cc1cn2ccccc2n1. The van der Waals surface area contributed by atoms with Crippen molar-refractivity contribution >= 4 is 5.65 Å². The van der Waals surface area contributed by atoms with Gasteiger partial charge in [-0.2, -0.15) is 0 Å². The molecule has 0 radical (unpaired) electrons. The first-order valence-corrected chi connectivity index (χ1v) is 6.53. The molecule has 2 aromatic heterocycles. The van der Waals surface area contributed by atoms with Crippen LogP contribution < -0.4 is 5.32 Å². The molecule has 3 heterocycles. The van der Waals surface area contributed by atoms with Gasteiger partial charge in [0.15, 0.2) is 0 Å². The lowest BCUT2D eigenvalue weighted by Gasteiger charge is -2.42. The van der Waals surface area contributed by atoms with Gasteiger partial charge in [-0.25, -0.2) is 4.98 Å². The van der Waals surface area contributed by atoms with E-state index in [0.29, 0.717) is 0 Å². The number of aromatic nitrogens is 2. The molecule has 1 fully saturated rings. The van der Waals surface area contributed by atoms with E-state index in [1.807, 2.05) is 18.2 Å². The number of hydrogen-bond donors (Lipinski definition) is 1. The van der Waals surface area contributed by atoms with Gasteiger partial charge in [-0.05, 0) is 26.0 Å². The van der Waals surface area contributed by atoms with Crippen molar-refractivity contribution < 1.29 is 0 Å². The Kier molecular flexibility index (Phi) is 2.84. The molecule has 0 aliphatic carbocycles. The first kappa shape index (κ1) is 11.7. The van der Waals surface area contributed by atoms with Gasteiger partial charge in [-0.15, -0.1) is 0 Å². The van der Waals surface area contributed by atoms with Gasteiger partial charge >= 0.3 is 0 Å². The van der Waals surface area contributed by atoms with E-state index < -0.39 is 0 Å². The van der Waals surface area contributed by atoms with Crippen LogP contribution in [0.15, 0.2) is 30.6 Å². The van der Waals surface area contributed by atoms with Crippen LogP contribution in [0.5, 0.6) is 0 Å². The highest BCUT2D eigenvalue weighted by molar-refractivity contribution is 5.39. The van der Waals surface area contributed by atoms with E-state index in [1.165, 1.54) is 0 Å². The third-order valence-electron chi connectivity index (χ3n) is 3.74. The van der Waals surface area contributed by atoms with E-state index in [4.69, 9.17) is 0 Å². The van der Waals surface area contributed by atoms with Gasteiger partial charge in [-0.1, -0.05) is 6.07 Å². The van der Waals surface area contributed by atoms with Crippen molar-refractivity contribution in [3.05, 3.63) is 36.3 Å². The Morgan fingerprint density at radius 3 is 3.06 bits per heavy atom. The largest absolute Gasteiger partial charge is 0.314 e. The second-order valence-electron chi connectivity index (χ2n) is 5.61. The number of rotatable bonds is 2. The summed E-state index contributed by atoms with van der Waals surface area (Å²) < 4.78 is 2.09. The molecule has 0 spiro atoms. The first-order chi connectivity index (χ1) is 8.65. The summed E-state index contributed by atoms with van der Waals surface area (Å²) in [6.45, 7) is 8.69. The van der Waals surface area contributed by atoms with Crippen molar-refractivity contribution in [2.45, 2.75) is 25.9 Å². The van der Waals surface area contributed by atoms with Crippen molar-refractivity contribution in [1.82, 2.24) is 19.6 Å².